The molecule has 0 aliphatic rings. The van der Waals surface area contributed by atoms with E-state index in [1.54, 1.807) is 18.3 Å². The highest BCUT2D eigenvalue weighted by Crippen LogP contribution is 2.38. The molecule has 0 radical (unpaired) electrons. The second-order valence-corrected chi connectivity index (χ2v) is 6.37. The molecule has 1 amide bonds. The number of ether oxygens (including phenoxy) is 3. The van der Waals surface area contributed by atoms with Gasteiger partial charge in [-0.05, 0) is 29.8 Å². The van der Waals surface area contributed by atoms with Crippen LogP contribution < -0.4 is 19.5 Å². The number of carbonyl (C=O) groups excluding carboxylic acids is 1. The van der Waals surface area contributed by atoms with Crippen LogP contribution in [0, 0.1) is 0 Å². The summed E-state index contributed by atoms with van der Waals surface area (Å²) in [5.41, 5.74) is 2.23. The maximum Gasteiger partial charge on any atom is 0.230 e. The van der Waals surface area contributed by atoms with E-state index in [0.29, 0.717) is 22.4 Å². The first-order chi connectivity index (χ1) is 13.1. The fraction of sp³-hybridized carbons (Fsp3) is 0.211. The first-order valence-corrected chi connectivity index (χ1v) is 8.98. The van der Waals surface area contributed by atoms with Gasteiger partial charge in [-0.15, -0.1) is 11.3 Å². The number of nitrogens with one attached hydrogen (secondary N) is 1. The molecule has 3 aromatic rings. The van der Waals surface area contributed by atoms with E-state index in [1.165, 1.54) is 32.7 Å². The molecule has 0 aliphatic heterocycles. The van der Waals surface area contributed by atoms with E-state index < -0.39 is 0 Å². The molecule has 0 aliphatic carbocycles. The minimum Gasteiger partial charge on any atom is -0.493 e. The van der Waals surface area contributed by atoms with Gasteiger partial charge in [-0.3, -0.25) is 9.78 Å². The number of anilines is 1. The van der Waals surface area contributed by atoms with Crippen LogP contribution in [0.3, 0.4) is 0 Å². The summed E-state index contributed by atoms with van der Waals surface area (Å²) >= 11 is 1.35. The van der Waals surface area contributed by atoms with Gasteiger partial charge in [-0.1, -0.05) is 6.07 Å². The smallest absolute Gasteiger partial charge is 0.230 e. The number of amides is 1. The standard InChI is InChI=1S/C19H19N3O4S/c1-24-15-8-12(9-16(25-2)18(15)26-3)10-17(23)22-19-21-14(11-27-19)13-6-4-5-7-20-13/h4-9,11H,10H2,1-3H3,(H,21,22,23). The van der Waals surface area contributed by atoms with Crippen molar-refractivity contribution in [2.45, 2.75) is 6.42 Å². The molecule has 0 spiro atoms. The summed E-state index contributed by atoms with van der Waals surface area (Å²) in [5.74, 6) is 1.31. The van der Waals surface area contributed by atoms with Crippen LogP contribution in [0.4, 0.5) is 5.13 Å². The van der Waals surface area contributed by atoms with Gasteiger partial charge in [0.05, 0.1) is 33.4 Å². The van der Waals surface area contributed by atoms with Crippen LogP contribution >= 0.6 is 11.3 Å². The molecule has 0 fully saturated rings. The average Bonchev–Trinajstić information content (AvgIpc) is 3.16. The molecule has 2 heterocycles. The van der Waals surface area contributed by atoms with Crippen LogP contribution in [0.25, 0.3) is 11.4 Å². The van der Waals surface area contributed by atoms with Crippen molar-refractivity contribution < 1.29 is 19.0 Å². The number of pyridine rings is 1. The number of nitrogens with zero attached hydrogens (tertiary/aromatic N) is 2. The third-order valence-electron chi connectivity index (χ3n) is 3.77. The molecule has 1 N–H and O–H groups in total. The van der Waals surface area contributed by atoms with Crippen molar-refractivity contribution in [2.75, 3.05) is 26.6 Å². The number of carbonyl (C=O) groups is 1. The summed E-state index contributed by atoms with van der Waals surface area (Å²) in [6, 6.07) is 9.11. The second kappa shape index (κ2) is 8.50. The van der Waals surface area contributed by atoms with Gasteiger partial charge < -0.3 is 19.5 Å². The lowest BCUT2D eigenvalue weighted by Gasteiger charge is -2.13. The Morgan fingerprint density at radius 2 is 1.81 bits per heavy atom. The highest BCUT2D eigenvalue weighted by atomic mass is 32.1. The average molecular weight is 385 g/mol. The van der Waals surface area contributed by atoms with Crippen LogP contribution in [-0.2, 0) is 11.2 Å². The Morgan fingerprint density at radius 3 is 2.41 bits per heavy atom. The van der Waals surface area contributed by atoms with E-state index in [9.17, 15) is 4.79 Å². The van der Waals surface area contributed by atoms with E-state index in [1.807, 2.05) is 23.6 Å². The van der Waals surface area contributed by atoms with Gasteiger partial charge in [0.15, 0.2) is 16.6 Å². The van der Waals surface area contributed by atoms with Crippen molar-refractivity contribution in [2.24, 2.45) is 0 Å². The van der Waals surface area contributed by atoms with Crippen molar-refractivity contribution in [1.29, 1.82) is 0 Å². The fourth-order valence-electron chi connectivity index (χ4n) is 2.55. The lowest BCUT2D eigenvalue weighted by atomic mass is 10.1. The number of aromatic nitrogens is 2. The zero-order valence-electron chi connectivity index (χ0n) is 15.2. The molecule has 0 unspecified atom stereocenters. The Morgan fingerprint density at radius 1 is 1.07 bits per heavy atom. The van der Waals surface area contributed by atoms with Gasteiger partial charge in [0.2, 0.25) is 11.7 Å². The molecular weight excluding hydrogens is 366 g/mol. The molecule has 0 saturated carbocycles. The SMILES string of the molecule is COc1cc(CC(=O)Nc2nc(-c3ccccn3)cs2)cc(OC)c1OC. The molecule has 2 aromatic heterocycles. The summed E-state index contributed by atoms with van der Waals surface area (Å²) in [6.07, 6.45) is 1.85. The minimum absolute atomic E-state index is 0.148. The first kappa shape index (κ1) is 18.7. The van der Waals surface area contributed by atoms with Crippen LogP contribution in [0.15, 0.2) is 41.9 Å². The van der Waals surface area contributed by atoms with Crippen molar-refractivity contribution in [3.8, 4) is 28.6 Å². The van der Waals surface area contributed by atoms with Gasteiger partial charge in [0.25, 0.3) is 0 Å². The molecule has 1 aromatic carbocycles. The van der Waals surface area contributed by atoms with E-state index in [2.05, 4.69) is 15.3 Å². The van der Waals surface area contributed by atoms with Crippen molar-refractivity contribution >= 4 is 22.4 Å². The maximum absolute atomic E-state index is 12.4. The molecule has 3 rings (SSSR count). The monoisotopic (exact) mass is 385 g/mol. The van der Waals surface area contributed by atoms with Crippen molar-refractivity contribution in [3.05, 3.63) is 47.5 Å². The van der Waals surface area contributed by atoms with E-state index in [4.69, 9.17) is 14.2 Å². The Hall–Kier alpha value is -3.13. The number of benzene rings is 1. The number of methoxy groups -OCH3 is 3. The zero-order valence-corrected chi connectivity index (χ0v) is 16.0. The third kappa shape index (κ3) is 4.35. The molecule has 27 heavy (non-hydrogen) atoms. The summed E-state index contributed by atoms with van der Waals surface area (Å²) in [4.78, 5) is 21.1. The number of thiazole rings is 1. The van der Waals surface area contributed by atoms with Gasteiger partial charge in [-0.2, -0.15) is 0 Å². The van der Waals surface area contributed by atoms with Gasteiger partial charge in [0, 0.05) is 11.6 Å². The quantitative estimate of drug-likeness (QED) is 0.671. The lowest BCUT2D eigenvalue weighted by Crippen LogP contribution is -2.14. The normalized spacial score (nSPS) is 10.3. The van der Waals surface area contributed by atoms with Crippen LogP contribution in [0.1, 0.15) is 5.56 Å². The molecule has 0 bridgehead atoms. The number of rotatable bonds is 7. The van der Waals surface area contributed by atoms with Crippen LogP contribution in [0.5, 0.6) is 17.2 Å². The Kier molecular flexibility index (Phi) is 5.87. The second-order valence-electron chi connectivity index (χ2n) is 5.51. The minimum atomic E-state index is -0.189. The zero-order chi connectivity index (χ0) is 19.2. The molecular formula is C19H19N3O4S. The summed E-state index contributed by atoms with van der Waals surface area (Å²) in [7, 11) is 4.61. The van der Waals surface area contributed by atoms with Crippen LogP contribution in [0.2, 0.25) is 0 Å². The van der Waals surface area contributed by atoms with E-state index >= 15 is 0 Å². The van der Waals surface area contributed by atoms with Crippen molar-refractivity contribution in [3.63, 3.8) is 0 Å². The van der Waals surface area contributed by atoms with Gasteiger partial charge >= 0.3 is 0 Å². The largest absolute Gasteiger partial charge is 0.493 e. The summed E-state index contributed by atoms with van der Waals surface area (Å²) < 4.78 is 15.9. The molecule has 140 valence electrons. The molecule has 8 heteroatoms. The Labute approximate surface area is 161 Å². The highest BCUT2D eigenvalue weighted by molar-refractivity contribution is 7.14. The van der Waals surface area contributed by atoms with E-state index in [0.717, 1.165) is 17.0 Å². The van der Waals surface area contributed by atoms with Gasteiger partial charge in [0.1, 0.15) is 5.69 Å². The Bertz CT molecular complexity index is 903. The summed E-state index contributed by atoms with van der Waals surface area (Å²) in [6.45, 7) is 0. The maximum atomic E-state index is 12.4. The predicted molar refractivity (Wildman–Crippen MR) is 104 cm³/mol. The van der Waals surface area contributed by atoms with Crippen molar-refractivity contribution in [1.82, 2.24) is 9.97 Å². The van der Waals surface area contributed by atoms with Crippen LogP contribution in [-0.4, -0.2) is 37.2 Å². The van der Waals surface area contributed by atoms with E-state index in [-0.39, 0.29) is 12.3 Å². The molecule has 0 atom stereocenters. The molecule has 7 nitrogen and oxygen atoms in total. The topological polar surface area (TPSA) is 82.6 Å². The third-order valence-corrected chi connectivity index (χ3v) is 4.52. The first-order valence-electron chi connectivity index (χ1n) is 8.10. The fourth-order valence-corrected chi connectivity index (χ4v) is 3.27. The lowest BCUT2D eigenvalue weighted by molar-refractivity contribution is -0.115. The Balaban J connectivity index is 1.72. The van der Waals surface area contributed by atoms with Gasteiger partial charge in [-0.25, -0.2) is 4.98 Å². The highest BCUT2D eigenvalue weighted by Gasteiger charge is 2.16. The molecule has 0 saturated heterocycles. The number of hydrogen-bond donors (Lipinski definition) is 1. The predicted octanol–water partition coefficient (Wildman–Crippen LogP) is 3.41. The number of hydrogen-bond acceptors (Lipinski definition) is 7. The summed E-state index contributed by atoms with van der Waals surface area (Å²) in [5, 5.41) is 5.19.